The molecular weight excluding hydrogens is 162 g/mol. The lowest BCUT2D eigenvalue weighted by molar-refractivity contribution is 0.0948. The van der Waals surface area contributed by atoms with Crippen molar-refractivity contribution in [1.29, 1.82) is 0 Å². The van der Waals surface area contributed by atoms with Gasteiger partial charge < -0.3 is 10.0 Å². The Hall–Kier alpha value is -0.380. The molecule has 1 spiro atoms. The molecule has 11 heavy (non-hydrogen) atoms. The minimum absolute atomic E-state index is 0.332. The van der Waals surface area contributed by atoms with Crippen LogP contribution in [-0.2, 0) is 0 Å². The summed E-state index contributed by atoms with van der Waals surface area (Å²) in [6.07, 6.45) is 1.71. The smallest absolute Gasteiger partial charge is 0.407 e. The predicted molar refractivity (Wildman–Crippen MR) is 44.0 cm³/mol. The van der Waals surface area contributed by atoms with Crippen molar-refractivity contribution >= 4 is 17.9 Å². The number of amides is 1. The SMILES string of the molecule is O=C(O)N1CC2(CCCS2)C1. The van der Waals surface area contributed by atoms with Gasteiger partial charge in [0.2, 0.25) is 0 Å². The van der Waals surface area contributed by atoms with Crippen LogP contribution in [0.15, 0.2) is 0 Å². The fraction of sp³-hybridized carbons (Fsp3) is 0.857. The Bertz CT molecular complexity index is 181. The molecule has 0 aromatic carbocycles. The van der Waals surface area contributed by atoms with Gasteiger partial charge in [0.1, 0.15) is 0 Å². The maximum atomic E-state index is 10.4. The molecule has 2 aliphatic heterocycles. The topological polar surface area (TPSA) is 40.5 Å². The minimum atomic E-state index is -0.761. The molecule has 0 aromatic heterocycles. The van der Waals surface area contributed by atoms with E-state index in [0.717, 1.165) is 13.1 Å². The van der Waals surface area contributed by atoms with Crippen molar-refractivity contribution in [3.8, 4) is 0 Å². The average Bonchev–Trinajstić information content (AvgIpc) is 2.29. The maximum absolute atomic E-state index is 10.4. The molecule has 2 heterocycles. The second-order valence-electron chi connectivity index (χ2n) is 3.27. The zero-order chi connectivity index (χ0) is 7.90. The van der Waals surface area contributed by atoms with Crippen LogP contribution in [0, 0.1) is 0 Å². The lowest BCUT2D eigenvalue weighted by atomic mass is 9.95. The summed E-state index contributed by atoms with van der Waals surface area (Å²) >= 11 is 1.95. The van der Waals surface area contributed by atoms with E-state index < -0.39 is 6.09 Å². The molecule has 0 aliphatic carbocycles. The van der Waals surface area contributed by atoms with Crippen molar-refractivity contribution in [3.63, 3.8) is 0 Å². The molecule has 62 valence electrons. The van der Waals surface area contributed by atoms with Crippen LogP contribution in [0.25, 0.3) is 0 Å². The summed E-state index contributed by atoms with van der Waals surface area (Å²) in [5.41, 5.74) is 0. The largest absolute Gasteiger partial charge is 0.465 e. The van der Waals surface area contributed by atoms with E-state index in [4.69, 9.17) is 5.11 Å². The molecule has 3 nitrogen and oxygen atoms in total. The van der Waals surface area contributed by atoms with Crippen LogP contribution in [0.4, 0.5) is 4.79 Å². The summed E-state index contributed by atoms with van der Waals surface area (Å²) < 4.78 is 0.332. The van der Waals surface area contributed by atoms with Gasteiger partial charge in [0.15, 0.2) is 0 Å². The van der Waals surface area contributed by atoms with Gasteiger partial charge in [-0.25, -0.2) is 4.79 Å². The van der Waals surface area contributed by atoms with E-state index in [1.54, 1.807) is 0 Å². The van der Waals surface area contributed by atoms with Gasteiger partial charge in [-0.2, -0.15) is 11.8 Å². The third kappa shape index (κ3) is 1.09. The van der Waals surface area contributed by atoms with E-state index in [1.165, 1.54) is 23.5 Å². The number of nitrogens with zero attached hydrogens (tertiary/aromatic N) is 1. The highest BCUT2D eigenvalue weighted by molar-refractivity contribution is 8.01. The van der Waals surface area contributed by atoms with Crippen molar-refractivity contribution in [2.75, 3.05) is 18.8 Å². The Morgan fingerprint density at radius 1 is 1.55 bits per heavy atom. The predicted octanol–water partition coefficient (Wildman–Crippen LogP) is 1.25. The Kier molecular flexibility index (Phi) is 1.52. The van der Waals surface area contributed by atoms with Gasteiger partial charge in [0, 0.05) is 13.1 Å². The van der Waals surface area contributed by atoms with Gasteiger partial charge in [0.05, 0.1) is 4.75 Å². The number of rotatable bonds is 0. The molecule has 2 saturated heterocycles. The van der Waals surface area contributed by atoms with Gasteiger partial charge in [0.25, 0.3) is 0 Å². The monoisotopic (exact) mass is 173 g/mol. The lowest BCUT2D eigenvalue weighted by Gasteiger charge is -2.45. The van der Waals surface area contributed by atoms with Crippen LogP contribution in [0.1, 0.15) is 12.8 Å². The summed E-state index contributed by atoms with van der Waals surface area (Å²) in [4.78, 5) is 11.9. The maximum Gasteiger partial charge on any atom is 0.407 e. The molecule has 0 aromatic rings. The summed E-state index contributed by atoms with van der Waals surface area (Å²) in [6, 6.07) is 0. The Labute approximate surface area is 69.8 Å². The van der Waals surface area contributed by atoms with Gasteiger partial charge in [-0.3, -0.25) is 0 Å². The van der Waals surface area contributed by atoms with E-state index in [2.05, 4.69) is 0 Å². The van der Waals surface area contributed by atoms with Gasteiger partial charge >= 0.3 is 6.09 Å². The molecule has 2 aliphatic rings. The minimum Gasteiger partial charge on any atom is -0.465 e. The van der Waals surface area contributed by atoms with E-state index in [9.17, 15) is 4.79 Å². The van der Waals surface area contributed by atoms with Crippen molar-refractivity contribution in [1.82, 2.24) is 4.90 Å². The van der Waals surface area contributed by atoms with E-state index >= 15 is 0 Å². The Morgan fingerprint density at radius 2 is 2.27 bits per heavy atom. The van der Waals surface area contributed by atoms with Crippen LogP contribution in [-0.4, -0.2) is 39.7 Å². The second kappa shape index (κ2) is 2.30. The molecule has 0 saturated carbocycles. The van der Waals surface area contributed by atoms with Crippen LogP contribution in [0.3, 0.4) is 0 Å². The Morgan fingerprint density at radius 3 is 2.73 bits per heavy atom. The fourth-order valence-electron chi connectivity index (χ4n) is 1.79. The third-order valence-corrected chi connectivity index (χ3v) is 3.98. The first-order valence-corrected chi connectivity index (χ1v) is 4.82. The molecule has 0 bridgehead atoms. The number of carbonyl (C=O) groups is 1. The summed E-state index contributed by atoms with van der Waals surface area (Å²) in [7, 11) is 0. The van der Waals surface area contributed by atoms with Crippen molar-refractivity contribution in [2.24, 2.45) is 0 Å². The van der Waals surface area contributed by atoms with Crippen LogP contribution in [0.5, 0.6) is 0 Å². The zero-order valence-corrected chi connectivity index (χ0v) is 7.06. The second-order valence-corrected chi connectivity index (χ2v) is 4.84. The van der Waals surface area contributed by atoms with Crippen molar-refractivity contribution in [2.45, 2.75) is 17.6 Å². The molecular formula is C7H11NO2S. The van der Waals surface area contributed by atoms with E-state index in [0.29, 0.717) is 4.75 Å². The summed E-state index contributed by atoms with van der Waals surface area (Å²) in [5, 5.41) is 8.59. The highest BCUT2D eigenvalue weighted by atomic mass is 32.2. The number of hydrogen-bond acceptors (Lipinski definition) is 2. The highest BCUT2D eigenvalue weighted by Crippen LogP contribution is 2.44. The third-order valence-electron chi connectivity index (χ3n) is 2.41. The normalized spacial score (nSPS) is 27.1. The first-order valence-electron chi connectivity index (χ1n) is 3.84. The highest BCUT2D eigenvalue weighted by Gasteiger charge is 2.47. The van der Waals surface area contributed by atoms with Gasteiger partial charge in [-0.1, -0.05) is 0 Å². The first-order chi connectivity index (χ1) is 5.22. The number of thioether (sulfide) groups is 1. The standard InChI is InChI=1S/C7H11NO2S/c9-6(10)8-4-7(5-8)2-1-3-11-7/h1-5H2,(H,9,10). The molecule has 2 rings (SSSR count). The summed E-state index contributed by atoms with van der Waals surface area (Å²) in [5.74, 6) is 1.22. The summed E-state index contributed by atoms with van der Waals surface area (Å²) in [6.45, 7) is 1.51. The lowest BCUT2D eigenvalue weighted by Crippen LogP contribution is -2.59. The van der Waals surface area contributed by atoms with Gasteiger partial charge in [-0.15, -0.1) is 0 Å². The quantitative estimate of drug-likeness (QED) is 0.599. The zero-order valence-electron chi connectivity index (χ0n) is 6.25. The number of likely N-dealkylation sites (tertiary alicyclic amines) is 1. The van der Waals surface area contributed by atoms with Gasteiger partial charge in [-0.05, 0) is 18.6 Å². The van der Waals surface area contributed by atoms with E-state index in [1.807, 2.05) is 11.8 Å². The first kappa shape index (κ1) is 7.28. The van der Waals surface area contributed by atoms with Crippen LogP contribution in [0.2, 0.25) is 0 Å². The van der Waals surface area contributed by atoms with Crippen molar-refractivity contribution < 1.29 is 9.90 Å². The van der Waals surface area contributed by atoms with Crippen LogP contribution < -0.4 is 0 Å². The average molecular weight is 173 g/mol. The molecule has 2 fully saturated rings. The molecule has 0 atom stereocenters. The molecule has 4 heteroatoms. The number of carboxylic acid groups (broad SMARTS) is 1. The molecule has 0 unspecified atom stereocenters. The Balaban J connectivity index is 1.91. The van der Waals surface area contributed by atoms with E-state index in [-0.39, 0.29) is 0 Å². The van der Waals surface area contributed by atoms with Crippen LogP contribution >= 0.6 is 11.8 Å². The molecule has 0 radical (unpaired) electrons. The fourth-order valence-corrected chi connectivity index (χ4v) is 3.29. The van der Waals surface area contributed by atoms with Crippen molar-refractivity contribution in [3.05, 3.63) is 0 Å². The molecule has 1 N–H and O–H groups in total. The number of hydrogen-bond donors (Lipinski definition) is 1. The molecule has 1 amide bonds.